The maximum atomic E-state index is 11.9. The second-order valence-corrected chi connectivity index (χ2v) is 7.03. The lowest BCUT2D eigenvalue weighted by atomic mass is 10.0. The third kappa shape index (κ3) is 11.7. The lowest BCUT2D eigenvalue weighted by molar-refractivity contribution is -0.116. The van der Waals surface area contributed by atoms with E-state index in [4.69, 9.17) is 0 Å². The Labute approximate surface area is 159 Å². The van der Waals surface area contributed by atoms with Crippen LogP contribution in [0, 0.1) is 0 Å². The van der Waals surface area contributed by atoms with Gasteiger partial charge in [-0.05, 0) is 30.7 Å². The van der Waals surface area contributed by atoms with Gasteiger partial charge < -0.3 is 10.6 Å². The molecule has 0 aliphatic heterocycles. The average Bonchev–Trinajstić information content (AvgIpc) is 2.64. The summed E-state index contributed by atoms with van der Waals surface area (Å²) < 4.78 is 0. The predicted octanol–water partition coefficient (Wildman–Crippen LogP) is 6.28. The zero-order valence-corrected chi connectivity index (χ0v) is 16.4. The molecule has 2 amide bonds. The molecule has 0 aliphatic carbocycles. The van der Waals surface area contributed by atoms with Crippen molar-refractivity contribution in [2.24, 2.45) is 0 Å². The van der Waals surface area contributed by atoms with E-state index in [0.717, 1.165) is 24.2 Å². The molecule has 0 unspecified atom stereocenters. The molecule has 0 aromatic heterocycles. The Bertz CT molecular complexity index is 485. The molecule has 1 aromatic carbocycles. The molecule has 0 atom stereocenters. The first kappa shape index (κ1) is 22.2. The molecule has 2 N–H and O–H groups in total. The third-order valence-corrected chi connectivity index (χ3v) is 4.65. The molecule has 0 heterocycles. The van der Waals surface area contributed by atoms with Crippen molar-refractivity contribution in [1.82, 2.24) is 0 Å². The number of unbranched alkanes of at least 4 members (excludes halogenated alkanes) is 11. The minimum Gasteiger partial charge on any atom is -0.329 e. The van der Waals surface area contributed by atoms with Crippen molar-refractivity contribution in [3.63, 3.8) is 0 Å². The van der Waals surface area contributed by atoms with E-state index < -0.39 is 0 Å². The van der Waals surface area contributed by atoms with Gasteiger partial charge in [0, 0.05) is 17.8 Å². The number of carbonyl (C=O) groups is 2. The number of hydrogen-bond donors (Lipinski definition) is 2. The maximum absolute atomic E-state index is 11.9. The van der Waals surface area contributed by atoms with Gasteiger partial charge in [0.05, 0.1) is 0 Å². The van der Waals surface area contributed by atoms with Gasteiger partial charge in [-0.2, -0.15) is 0 Å². The highest BCUT2D eigenvalue weighted by atomic mass is 16.1. The van der Waals surface area contributed by atoms with Crippen LogP contribution in [0.15, 0.2) is 24.3 Å². The number of carbonyl (C=O) groups excluding carboxylic acids is 2. The minimum atomic E-state index is 0.0631. The van der Waals surface area contributed by atoms with Crippen LogP contribution in [-0.2, 0) is 9.59 Å². The first-order chi connectivity index (χ1) is 12.8. The van der Waals surface area contributed by atoms with Crippen LogP contribution in [0.25, 0.3) is 0 Å². The molecule has 0 bridgehead atoms. The maximum Gasteiger partial charge on any atom is 0.224 e. The van der Waals surface area contributed by atoms with Gasteiger partial charge in [-0.15, -0.1) is 0 Å². The fourth-order valence-electron chi connectivity index (χ4n) is 3.07. The van der Waals surface area contributed by atoms with E-state index in [2.05, 4.69) is 17.6 Å². The number of anilines is 2. The molecule has 0 fully saturated rings. The smallest absolute Gasteiger partial charge is 0.224 e. The van der Waals surface area contributed by atoms with E-state index in [1.165, 1.54) is 64.2 Å². The Hall–Kier alpha value is -1.84. The van der Waals surface area contributed by atoms with E-state index in [-0.39, 0.29) is 5.91 Å². The molecule has 1 rings (SSSR count). The minimum absolute atomic E-state index is 0.0631. The van der Waals surface area contributed by atoms with E-state index in [1.54, 1.807) is 24.3 Å². The summed E-state index contributed by atoms with van der Waals surface area (Å²) in [5, 5.41) is 5.47. The van der Waals surface area contributed by atoms with Gasteiger partial charge in [0.25, 0.3) is 0 Å². The summed E-state index contributed by atoms with van der Waals surface area (Å²) in [7, 11) is 0. The average molecular weight is 361 g/mol. The van der Waals surface area contributed by atoms with Gasteiger partial charge >= 0.3 is 0 Å². The van der Waals surface area contributed by atoms with Crippen LogP contribution in [-0.4, -0.2) is 12.3 Å². The first-order valence-corrected chi connectivity index (χ1v) is 10.4. The van der Waals surface area contributed by atoms with Gasteiger partial charge in [0.1, 0.15) is 0 Å². The van der Waals surface area contributed by atoms with E-state index in [1.807, 2.05) is 0 Å². The van der Waals surface area contributed by atoms with Gasteiger partial charge in [-0.1, -0.05) is 77.6 Å². The fourth-order valence-corrected chi connectivity index (χ4v) is 3.07. The molecule has 0 spiro atoms. The molecular weight excluding hydrogens is 324 g/mol. The standard InChI is InChI=1S/C22H36N2O2/c1-2-3-4-5-6-7-8-9-10-11-12-13-14-22(26)24-21-17-15-20(16-18-21)23-19-25/h15-19H,2-14H2,1H3,(H,23,25)(H,24,26). The lowest BCUT2D eigenvalue weighted by Gasteiger charge is -2.06. The third-order valence-electron chi connectivity index (χ3n) is 4.65. The SMILES string of the molecule is CCCCCCCCCCCCCCC(=O)Nc1ccc(NC=O)cc1. The normalized spacial score (nSPS) is 10.5. The van der Waals surface area contributed by atoms with Crippen LogP contribution in [0.3, 0.4) is 0 Å². The highest BCUT2D eigenvalue weighted by Crippen LogP contribution is 2.15. The number of rotatable bonds is 16. The van der Waals surface area contributed by atoms with Gasteiger partial charge in [0.2, 0.25) is 12.3 Å². The number of nitrogens with one attached hydrogen (secondary N) is 2. The second-order valence-electron chi connectivity index (χ2n) is 7.03. The Kier molecular flexibility index (Phi) is 13.2. The zero-order valence-electron chi connectivity index (χ0n) is 16.4. The molecule has 146 valence electrons. The zero-order chi connectivity index (χ0) is 18.9. The van der Waals surface area contributed by atoms with Crippen molar-refractivity contribution in [3.8, 4) is 0 Å². The molecule has 0 aliphatic rings. The van der Waals surface area contributed by atoms with Crippen LogP contribution >= 0.6 is 0 Å². The fraction of sp³-hybridized carbons (Fsp3) is 0.636. The first-order valence-electron chi connectivity index (χ1n) is 10.4. The van der Waals surface area contributed by atoms with Crippen LogP contribution in [0.5, 0.6) is 0 Å². The van der Waals surface area contributed by atoms with Crippen LogP contribution < -0.4 is 10.6 Å². The summed E-state index contributed by atoms with van der Waals surface area (Å²) in [6.45, 7) is 2.26. The van der Waals surface area contributed by atoms with E-state index in [9.17, 15) is 9.59 Å². The van der Waals surface area contributed by atoms with Crippen LogP contribution in [0.4, 0.5) is 11.4 Å². The van der Waals surface area contributed by atoms with Gasteiger partial charge in [-0.3, -0.25) is 9.59 Å². The summed E-state index contributed by atoms with van der Waals surface area (Å²) in [6, 6.07) is 7.14. The highest BCUT2D eigenvalue weighted by Gasteiger charge is 2.02. The quantitative estimate of drug-likeness (QED) is 0.269. The molecular formula is C22H36N2O2. The van der Waals surface area contributed by atoms with E-state index in [0.29, 0.717) is 12.8 Å². The van der Waals surface area contributed by atoms with Gasteiger partial charge in [-0.25, -0.2) is 0 Å². The van der Waals surface area contributed by atoms with E-state index >= 15 is 0 Å². The second kappa shape index (κ2) is 15.4. The Morgan fingerprint density at radius 2 is 1.23 bits per heavy atom. The van der Waals surface area contributed by atoms with Gasteiger partial charge in [0.15, 0.2) is 0 Å². The number of hydrogen-bond acceptors (Lipinski definition) is 2. The lowest BCUT2D eigenvalue weighted by Crippen LogP contribution is -2.11. The van der Waals surface area contributed by atoms with Crippen molar-refractivity contribution < 1.29 is 9.59 Å². The summed E-state index contributed by atoms with van der Waals surface area (Å²) in [6.07, 6.45) is 16.8. The number of amides is 2. The van der Waals surface area contributed by atoms with Crippen molar-refractivity contribution >= 4 is 23.7 Å². The van der Waals surface area contributed by atoms with Crippen molar-refractivity contribution in [2.75, 3.05) is 10.6 Å². The summed E-state index contributed by atoms with van der Waals surface area (Å²) >= 11 is 0. The molecule has 0 saturated heterocycles. The Balaban J connectivity index is 1.94. The highest BCUT2D eigenvalue weighted by molar-refractivity contribution is 5.91. The van der Waals surface area contributed by atoms with Crippen molar-refractivity contribution in [3.05, 3.63) is 24.3 Å². The summed E-state index contributed by atoms with van der Waals surface area (Å²) in [5.41, 5.74) is 1.49. The Morgan fingerprint density at radius 1 is 0.769 bits per heavy atom. The molecule has 4 nitrogen and oxygen atoms in total. The molecule has 0 radical (unpaired) electrons. The van der Waals surface area contributed by atoms with Crippen molar-refractivity contribution in [2.45, 2.75) is 90.4 Å². The monoisotopic (exact) mass is 360 g/mol. The largest absolute Gasteiger partial charge is 0.329 e. The molecule has 4 heteroatoms. The summed E-state index contributed by atoms with van der Waals surface area (Å²) in [4.78, 5) is 22.3. The molecule has 1 aromatic rings. The summed E-state index contributed by atoms with van der Waals surface area (Å²) in [5.74, 6) is 0.0631. The van der Waals surface area contributed by atoms with Crippen LogP contribution in [0.1, 0.15) is 90.4 Å². The molecule has 26 heavy (non-hydrogen) atoms. The predicted molar refractivity (Wildman–Crippen MR) is 110 cm³/mol. The van der Waals surface area contributed by atoms with Crippen molar-refractivity contribution in [1.29, 1.82) is 0 Å². The number of benzene rings is 1. The topological polar surface area (TPSA) is 58.2 Å². The molecule has 0 saturated carbocycles. The Morgan fingerprint density at radius 3 is 1.73 bits per heavy atom. The van der Waals surface area contributed by atoms with Crippen LogP contribution in [0.2, 0.25) is 0 Å².